The van der Waals surface area contributed by atoms with Gasteiger partial charge in [0.1, 0.15) is 5.75 Å². The summed E-state index contributed by atoms with van der Waals surface area (Å²) in [6.45, 7) is 2.33. The monoisotopic (exact) mass is 311 g/mol. The number of methoxy groups -OCH3 is 1. The fourth-order valence-corrected chi connectivity index (χ4v) is 2.28. The van der Waals surface area contributed by atoms with Gasteiger partial charge in [-0.1, -0.05) is 12.1 Å². The van der Waals surface area contributed by atoms with Gasteiger partial charge in [0, 0.05) is 5.56 Å². The Morgan fingerprint density at radius 1 is 1.13 bits per heavy atom. The zero-order chi connectivity index (χ0) is 16.2. The Balaban J connectivity index is 1.97. The first-order valence-electron chi connectivity index (χ1n) is 7.25. The lowest BCUT2D eigenvalue weighted by molar-refractivity contribution is 0.318. The third-order valence-electron chi connectivity index (χ3n) is 3.37. The maximum absolute atomic E-state index is 9.77. The van der Waals surface area contributed by atoms with Crippen molar-refractivity contribution in [2.45, 2.75) is 6.92 Å². The lowest BCUT2D eigenvalue weighted by atomic mass is 10.2. The maximum Gasteiger partial charge on any atom is 0.181 e. The van der Waals surface area contributed by atoms with E-state index in [0.717, 1.165) is 16.9 Å². The summed E-state index contributed by atoms with van der Waals surface area (Å²) in [6.07, 6.45) is 0. The van der Waals surface area contributed by atoms with Gasteiger partial charge in [0.15, 0.2) is 23.1 Å². The van der Waals surface area contributed by atoms with Gasteiger partial charge in [-0.3, -0.25) is 5.10 Å². The minimum Gasteiger partial charge on any atom is -0.504 e. The van der Waals surface area contributed by atoms with E-state index in [2.05, 4.69) is 15.2 Å². The molecule has 23 heavy (non-hydrogen) atoms. The Morgan fingerprint density at radius 3 is 2.74 bits per heavy atom. The summed E-state index contributed by atoms with van der Waals surface area (Å²) < 4.78 is 10.7. The van der Waals surface area contributed by atoms with Crippen LogP contribution in [0, 0.1) is 0 Å². The predicted octanol–water partition coefficient (Wildman–Crippen LogP) is 3.25. The summed E-state index contributed by atoms with van der Waals surface area (Å²) in [5, 5.41) is 16.9. The molecular formula is C17H17N3O3. The van der Waals surface area contributed by atoms with Gasteiger partial charge in [0.2, 0.25) is 0 Å². The minimum atomic E-state index is 0.0936. The third-order valence-corrected chi connectivity index (χ3v) is 3.37. The molecule has 0 aliphatic rings. The van der Waals surface area contributed by atoms with Crippen LogP contribution in [0.5, 0.6) is 17.2 Å². The standard InChI is InChI=1S/C17H17N3O3/c1-3-23-15-10-11(8-9-13(15)21)16-18-17(20-19-16)12-6-4-5-7-14(12)22-2/h4-10,21H,3H2,1-2H3,(H,18,19,20). The predicted molar refractivity (Wildman–Crippen MR) is 86.6 cm³/mol. The van der Waals surface area contributed by atoms with E-state index in [1.54, 1.807) is 25.3 Å². The molecule has 3 aromatic rings. The summed E-state index contributed by atoms with van der Waals surface area (Å²) in [7, 11) is 1.62. The number of rotatable bonds is 5. The largest absolute Gasteiger partial charge is 0.504 e. The Hall–Kier alpha value is -3.02. The van der Waals surface area contributed by atoms with Crippen LogP contribution in [-0.2, 0) is 0 Å². The highest BCUT2D eigenvalue weighted by Gasteiger charge is 2.13. The fraction of sp³-hybridized carbons (Fsp3) is 0.176. The number of phenols is 1. The van der Waals surface area contributed by atoms with Crippen LogP contribution in [0.2, 0.25) is 0 Å². The van der Waals surface area contributed by atoms with Crippen molar-refractivity contribution in [3.05, 3.63) is 42.5 Å². The van der Waals surface area contributed by atoms with Gasteiger partial charge in [-0.2, -0.15) is 5.10 Å². The van der Waals surface area contributed by atoms with Crippen molar-refractivity contribution < 1.29 is 14.6 Å². The molecule has 6 heteroatoms. The molecule has 0 bridgehead atoms. The molecule has 0 saturated heterocycles. The van der Waals surface area contributed by atoms with Crippen molar-refractivity contribution in [2.75, 3.05) is 13.7 Å². The molecule has 0 atom stereocenters. The number of aromatic nitrogens is 3. The molecule has 6 nitrogen and oxygen atoms in total. The molecule has 0 amide bonds. The fourth-order valence-electron chi connectivity index (χ4n) is 2.28. The third kappa shape index (κ3) is 2.96. The van der Waals surface area contributed by atoms with E-state index in [-0.39, 0.29) is 5.75 Å². The van der Waals surface area contributed by atoms with Gasteiger partial charge in [0.05, 0.1) is 19.3 Å². The molecule has 0 aliphatic carbocycles. The van der Waals surface area contributed by atoms with Crippen LogP contribution in [-0.4, -0.2) is 34.0 Å². The molecule has 1 aromatic heterocycles. The molecule has 2 N–H and O–H groups in total. The lowest BCUT2D eigenvalue weighted by Crippen LogP contribution is -1.92. The number of H-pyrrole nitrogens is 1. The number of nitrogens with one attached hydrogen (secondary N) is 1. The van der Waals surface area contributed by atoms with E-state index in [1.165, 1.54) is 0 Å². The number of para-hydroxylation sites is 1. The molecule has 0 fully saturated rings. The van der Waals surface area contributed by atoms with E-state index in [0.29, 0.717) is 24.0 Å². The van der Waals surface area contributed by atoms with Crippen molar-refractivity contribution in [2.24, 2.45) is 0 Å². The Morgan fingerprint density at radius 2 is 1.96 bits per heavy atom. The molecule has 0 unspecified atom stereocenters. The molecule has 0 aliphatic heterocycles. The molecule has 0 spiro atoms. The zero-order valence-corrected chi connectivity index (χ0v) is 12.9. The molecule has 2 aromatic carbocycles. The Bertz CT molecular complexity index is 814. The average molecular weight is 311 g/mol. The zero-order valence-electron chi connectivity index (χ0n) is 12.9. The van der Waals surface area contributed by atoms with Gasteiger partial charge >= 0.3 is 0 Å². The highest BCUT2D eigenvalue weighted by atomic mass is 16.5. The van der Waals surface area contributed by atoms with Crippen LogP contribution in [0.4, 0.5) is 0 Å². The number of hydrogen-bond acceptors (Lipinski definition) is 5. The summed E-state index contributed by atoms with van der Waals surface area (Å²) in [5.74, 6) is 2.36. The number of phenolic OH excluding ortho intramolecular Hbond substituents is 1. The van der Waals surface area contributed by atoms with Crippen LogP contribution < -0.4 is 9.47 Å². The van der Waals surface area contributed by atoms with Crippen molar-refractivity contribution >= 4 is 0 Å². The highest BCUT2D eigenvalue weighted by molar-refractivity contribution is 5.67. The Labute approximate surface area is 133 Å². The number of ether oxygens (including phenoxy) is 2. The summed E-state index contributed by atoms with van der Waals surface area (Å²) in [5.41, 5.74) is 1.58. The van der Waals surface area contributed by atoms with Gasteiger partial charge in [-0.25, -0.2) is 4.98 Å². The molecule has 0 saturated carbocycles. The number of benzene rings is 2. The van der Waals surface area contributed by atoms with E-state index >= 15 is 0 Å². The quantitative estimate of drug-likeness (QED) is 0.756. The van der Waals surface area contributed by atoms with Gasteiger partial charge in [-0.15, -0.1) is 0 Å². The van der Waals surface area contributed by atoms with Crippen molar-refractivity contribution in [1.82, 2.24) is 15.2 Å². The van der Waals surface area contributed by atoms with Crippen LogP contribution in [0.15, 0.2) is 42.5 Å². The maximum atomic E-state index is 9.77. The first-order valence-corrected chi connectivity index (χ1v) is 7.25. The van der Waals surface area contributed by atoms with Crippen molar-refractivity contribution in [3.63, 3.8) is 0 Å². The van der Waals surface area contributed by atoms with Gasteiger partial charge < -0.3 is 14.6 Å². The molecule has 118 valence electrons. The van der Waals surface area contributed by atoms with Crippen molar-refractivity contribution in [1.29, 1.82) is 0 Å². The van der Waals surface area contributed by atoms with E-state index < -0.39 is 0 Å². The van der Waals surface area contributed by atoms with Crippen LogP contribution in [0.3, 0.4) is 0 Å². The highest BCUT2D eigenvalue weighted by Crippen LogP contribution is 2.32. The van der Waals surface area contributed by atoms with Crippen LogP contribution >= 0.6 is 0 Å². The summed E-state index contributed by atoms with van der Waals surface area (Å²) in [4.78, 5) is 4.51. The smallest absolute Gasteiger partial charge is 0.181 e. The molecule has 3 rings (SSSR count). The number of aromatic hydroxyl groups is 1. The lowest BCUT2D eigenvalue weighted by Gasteiger charge is -2.06. The van der Waals surface area contributed by atoms with Gasteiger partial charge in [0.25, 0.3) is 0 Å². The first kappa shape index (κ1) is 14.9. The van der Waals surface area contributed by atoms with E-state index in [1.807, 2.05) is 31.2 Å². The second kappa shape index (κ2) is 6.39. The summed E-state index contributed by atoms with van der Waals surface area (Å²) >= 11 is 0. The molecule has 0 radical (unpaired) electrons. The number of hydrogen-bond donors (Lipinski definition) is 2. The van der Waals surface area contributed by atoms with Crippen LogP contribution in [0.1, 0.15) is 6.92 Å². The average Bonchev–Trinajstić information content (AvgIpc) is 3.07. The number of nitrogens with zero attached hydrogens (tertiary/aromatic N) is 2. The van der Waals surface area contributed by atoms with Crippen molar-refractivity contribution in [3.8, 4) is 40.0 Å². The van der Waals surface area contributed by atoms with E-state index in [4.69, 9.17) is 9.47 Å². The normalized spacial score (nSPS) is 10.5. The first-order chi connectivity index (χ1) is 11.2. The molecular weight excluding hydrogens is 294 g/mol. The molecule has 1 heterocycles. The summed E-state index contributed by atoms with van der Waals surface area (Å²) in [6, 6.07) is 12.6. The SMILES string of the molecule is CCOc1cc(-c2n[nH]c(-c3ccccc3OC)n2)ccc1O. The second-order valence-corrected chi connectivity index (χ2v) is 4.82. The van der Waals surface area contributed by atoms with Crippen LogP contribution in [0.25, 0.3) is 22.8 Å². The van der Waals surface area contributed by atoms with Gasteiger partial charge in [-0.05, 0) is 37.3 Å². The minimum absolute atomic E-state index is 0.0936. The van der Waals surface area contributed by atoms with E-state index in [9.17, 15) is 5.11 Å². The number of aromatic amines is 1. The second-order valence-electron chi connectivity index (χ2n) is 4.82. The topological polar surface area (TPSA) is 80.3 Å². The Kier molecular flexibility index (Phi) is 4.14.